The molecule has 260 valence electrons. The molecule has 2 aromatic rings. The SMILES string of the molecule is CN/N=C(/Cc1ccc(F)c(C(=O)N2CCN(C(=O)CN(C=O)CCOCCOCCOCCNC=O)CC2)c1)c1ccccc1C=O. The molecule has 3 rings (SSSR count). The van der Waals surface area contributed by atoms with Gasteiger partial charge in [-0.25, -0.2) is 4.39 Å². The van der Waals surface area contributed by atoms with Gasteiger partial charge in [-0.05, 0) is 17.7 Å². The molecular formula is C33H43FN6O8. The fourth-order valence-electron chi connectivity index (χ4n) is 4.92. The van der Waals surface area contributed by atoms with Crippen LogP contribution in [0.25, 0.3) is 0 Å². The lowest BCUT2D eigenvalue weighted by Crippen LogP contribution is -2.52. The first-order valence-electron chi connectivity index (χ1n) is 15.6. The average molecular weight is 671 g/mol. The van der Waals surface area contributed by atoms with Crippen molar-refractivity contribution in [3.05, 3.63) is 70.5 Å². The summed E-state index contributed by atoms with van der Waals surface area (Å²) in [6, 6.07) is 11.3. The third kappa shape index (κ3) is 12.1. The summed E-state index contributed by atoms with van der Waals surface area (Å²) in [6.07, 6.45) is 2.19. The molecule has 14 nitrogen and oxygen atoms in total. The maximum absolute atomic E-state index is 14.9. The van der Waals surface area contributed by atoms with Crippen LogP contribution in [0.2, 0.25) is 0 Å². The normalized spacial score (nSPS) is 13.2. The summed E-state index contributed by atoms with van der Waals surface area (Å²) in [4.78, 5) is 63.9. The van der Waals surface area contributed by atoms with Crippen molar-refractivity contribution in [3.63, 3.8) is 0 Å². The maximum atomic E-state index is 14.9. The Morgan fingerprint density at radius 3 is 2.23 bits per heavy atom. The van der Waals surface area contributed by atoms with Gasteiger partial charge in [0.25, 0.3) is 5.91 Å². The Morgan fingerprint density at radius 2 is 1.56 bits per heavy atom. The van der Waals surface area contributed by atoms with Gasteiger partial charge in [0.15, 0.2) is 6.29 Å². The first-order valence-corrected chi connectivity index (χ1v) is 15.6. The molecule has 0 saturated carbocycles. The number of carbonyl (C=O) groups is 5. The van der Waals surface area contributed by atoms with Crippen molar-refractivity contribution in [1.82, 2.24) is 25.4 Å². The maximum Gasteiger partial charge on any atom is 0.256 e. The van der Waals surface area contributed by atoms with E-state index in [1.807, 2.05) is 0 Å². The van der Waals surface area contributed by atoms with Gasteiger partial charge < -0.3 is 39.7 Å². The van der Waals surface area contributed by atoms with Gasteiger partial charge in [0.2, 0.25) is 18.7 Å². The average Bonchev–Trinajstić information content (AvgIpc) is 3.11. The number of nitrogens with one attached hydrogen (secondary N) is 2. The molecule has 48 heavy (non-hydrogen) atoms. The number of halogens is 1. The molecule has 15 heteroatoms. The van der Waals surface area contributed by atoms with Crippen molar-refractivity contribution in [1.29, 1.82) is 0 Å². The summed E-state index contributed by atoms with van der Waals surface area (Å²) < 4.78 is 31.0. The zero-order chi connectivity index (χ0) is 34.6. The molecule has 1 heterocycles. The second kappa shape index (κ2) is 21.2. The Morgan fingerprint density at radius 1 is 0.896 bits per heavy atom. The van der Waals surface area contributed by atoms with Crippen molar-refractivity contribution in [2.75, 3.05) is 92.5 Å². The number of carbonyl (C=O) groups excluding carboxylic acids is 5. The van der Waals surface area contributed by atoms with E-state index in [-0.39, 0.29) is 63.8 Å². The summed E-state index contributed by atoms with van der Waals surface area (Å²) >= 11 is 0. The van der Waals surface area contributed by atoms with E-state index < -0.39 is 11.7 Å². The van der Waals surface area contributed by atoms with Gasteiger partial charge in [-0.15, -0.1) is 0 Å². The van der Waals surface area contributed by atoms with Crippen molar-refractivity contribution in [3.8, 4) is 0 Å². The van der Waals surface area contributed by atoms with Crippen LogP contribution in [0.4, 0.5) is 4.39 Å². The number of piperazine rings is 1. The third-order valence-electron chi connectivity index (χ3n) is 7.43. The Balaban J connectivity index is 1.43. The van der Waals surface area contributed by atoms with Gasteiger partial charge >= 0.3 is 0 Å². The van der Waals surface area contributed by atoms with E-state index in [4.69, 9.17) is 14.2 Å². The minimum atomic E-state index is -0.660. The molecule has 0 spiro atoms. The predicted molar refractivity (Wildman–Crippen MR) is 174 cm³/mol. The van der Waals surface area contributed by atoms with Crippen molar-refractivity contribution in [2.24, 2.45) is 5.10 Å². The first kappa shape index (κ1) is 37.7. The van der Waals surface area contributed by atoms with Gasteiger partial charge in [-0.1, -0.05) is 30.3 Å². The Labute approximate surface area is 279 Å². The molecule has 4 amide bonds. The molecule has 1 aliphatic heterocycles. The van der Waals surface area contributed by atoms with Gasteiger partial charge in [0, 0.05) is 63.9 Å². The van der Waals surface area contributed by atoms with Crippen LogP contribution in [0.3, 0.4) is 0 Å². The summed E-state index contributed by atoms with van der Waals surface area (Å²) in [5, 5.41) is 6.80. The second-order valence-electron chi connectivity index (χ2n) is 10.6. The molecule has 1 aliphatic rings. The number of benzene rings is 2. The molecule has 1 fully saturated rings. The monoisotopic (exact) mass is 670 g/mol. The minimum absolute atomic E-state index is 0.0887. The standard InChI is InChI=1S/C33H43FN6O8/c1-35-37-31(28-5-3-2-4-27(28)23-41)21-26-6-7-30(34)29(20-26)33(45)40-11-9-39(10-12-40)32(44)22-38(25-43)13-15-47-17-19-48-18-16-46-14-8-36-24-42/h2-7,20,23-25,35H,8-19,21-22H2,1H3,(H,36,42)/b37-31-. The van der Waals surface area contributed by atoms with Gasteiger partial charge in [-0.2, -0.15) is 5.10 Å². The first-order chi connectivity index (χ1) is 23.4. The zero-order valence-corrected chi connectivity index (χ0v) is 27.1. The molecule has 2 N–H and O–H groups in total. The van der Waals surface area contributed by atoms with E-state index in [1.165, 1.54) is 21.9 Å². The molecule has 2 aromatic carbocycles. The molecule has 0 radical (unpaired) electrons. The van der Waals surface area contributed by atoms with E-state index in [0.29, 0.717) is 74.8 Å². The van der Waals surface area contributed by atoms with Crippen LogP contribution >= 0.6 is 0 Å². The lowest BCUT2D eigenvalue weighted by atomic mass is 9.97. The fraction of sp³-hybridized carbons (Fsp3) is 0.455. The van der Waals surface area contributed by atoms with Crippen LogP contribution < -0.4 is 10.7 Å². The number of hydrogen-bond acceptors (Lipinski definition) is 10. The van der Waals surface area contributed by atoms with Crippen LogP contribution in [-0.2, 0) is 35.0 Å². The van der Waals surface area contributed by atoms with Gasteiger partial charge in [0.05, 0.1) is 57.5 Å². The summed E-state index contributed by atoms with van der Waals surface area (Å²) in [6.45, 7) is 3.47. The highest BCUT2D eigenvalue weighted by Gasteiger charge is 2.27. The lowest BCUT2D eigenvalue weighted by molar-refractivity contribution is -0.137. The lowest BCUT2D eigenvalue weighted by Gasteiger charge is -2.35. The molecule has 1 saturated heterocycles. The number of nitrogens with zero attached hydrogens (tertiary/aromatic N) is 4. The Kier molecular flexibility index (Phi) is 16.7. The number of hydrazone groups is 1. The second-order valence-corrected chi connectivity index (χ2v) is 10.6. The highest BCUT2D eigenvalue weighted by Crippen LogP contribution is 2.18. The van der Waals surface area contributed by atoms with Gasteiger partial charge in [-0.3, -0.25) is 24.0 Å². The van der Waals surface area contributed by atoms with E-state index in [9.17, 15) is 28.4 Å². The largest absolute Gasteiger partial charge is 0.377 e. The minimum Gasteiger partial charge on any atom is -0.377 e. The van der Waals surface area contributed by atoms with Crippen molar-refractivity contribution < 1.29 is 42.6 Å². The van der Waals surface area contributed by atoms with E-state index in [1.54, 1.807) is 42.3 Å². The molecule has 0 aliphatic carbocycles. The fourth-order valence-corrected chi connectivity index (χ4v) is 4.92. The molecule has 0 atom stereocenters. The van der Waals surface area contributed by atoms with Crippen LogP contribution in [0, 0.1) is 5.82 Å². The van der Waals surface area contributed by atoms with Crippen LogP contribution in [-0.4, -0.2) is 144 Å². The predicted octanol–water partition coefficient (Wildman–Crippen LogP) is 0.343. The number of amides is 4. The molecule has 0 aromatic heterocycles. The topological polar surface area (TPSA) is 159 Å². The summed E-state index contributed by atoms with van der Waals surface area (Å²) in [5.74, 6) is -1.41. The molecule has 0 unspecified atom stereocenters. The van der Waals surface area contributed by atoms with Crippen molar-refractivity contribution >= 4 is 36.6 Å². The number of rotatable bonds is 22. The van der Waals surface area contributed by atoms with E-state index in [0.717, 1.165) is 6.29 Å². The smallest absolute Gasteiger partial charge is 0.256 e. The summed E-state index contributed by atoms with van der Waals surface area (Å²) in [7, 11) is 1.64. The van der Waals surface area contributed by atoms with Gasteiger partial charge in [0.1, 0.15) is 5.82 Å². The number of aldehydes is 1. The Hall–Kier alpha value is -4.73. The number of ether oxygens (including phenoxy) is 3. The van der Waals surface area contributed by atoms with Crippen LogP contribution in [0.1, 0.15) is 31.8 Å². The highest BCUT2D eigenvalue weighted by atomic mass is 19.1. The van der Waals surface area contributed by atoms with Crippen LogP contribution in [0.5, 0.6) is 0 Å². The van der Waals surface area contributed by atoms with Crippen molar-refractivity contribution in [2.45, 2.75) is 6.42 Å². The third-order valence-corrected chi connectivity index (χ3v) is 7.43. The van der Waals surface area contributed by atoms with Crippen LogP contribution in [0.15, 0.2) is 47.6 Å². The zero-order valence-electron chi connectivity index (χ0n) is 27.1. The Bertz CT molecular complexity index is 1390. The van der Waals surface area contributed by atoms with E-state index in [2.05, 4.69) is 15.8 Å². The molecule has 0 bridgehead atoms. The van der Waals surface area contributed by atoms with E-state index >= 15 is 0 Å². The molecular weight excluding hydrogens is 627 g/mol. The quantitative estimate of drug-likeness (QED) is 0.0780. The summed E-state index contributed by atoms with van der Waals surface area (Å²) in [5.41, 5.74) is 4.94. The highest BCUT2D eigenvalue weighted by molar-refractivity contribution is 6.07. The number of hydrogen-bond donors (Lipinski definition) is 2.